The molecule has 21 heavy (non-hydrogen) atoms. The number of nitrogens with zero attached hydrogens (tertiary/aromatic N) is 1. The van der Waals surface area contributed by atoms with Crippen LogP contribution in [0.1, 0.15) is 36.8 Å². The Kier molecular flexibility index (Phi) is 4.00. The van der Waals surface area contributed by atoms with Gasteiger partial charge in [0, 0.05) is 31.7 Å². The summed E-state index contributed by atoms with van der Waals surface area (Å²) in [6.45, 7) is 5.44. The van der Waals surface area contributed by atoms with Gasteiger partial charge in [0.25, 0.3) is 0 Å². The maximum Gasteiger partial charge on any atom is 0.229 e. The molecule has 0 aromatic heterocycles. The van der Waals surface area contributed by atoms with Crippen LogP contribution in [0.25, 0.3) is 0 Å². The maximum absolute atomic E-state index is 12.6. The summed E-state index contributed by atoms with van der Waals surface area (Å²) in [6.07, 6.45) is 3.16. The number of hydrogen-bond donors (Lipinski definition) is 2. The molecule has 1 unspecified atom stereocenters. The van der Waals surface area contributed by atoms with Gasteiger partial charge in [-0.2, -0.15) is 0 Å². The Morgan fingerprint density at radius 3 is 2.76 bits per heavy atom. The molecule has 2 fully saturated rings. The first kappa shape index (κ1) is 14.5. The van der Waals surface area contributed by atoms with Crippen LogP contribution in [0, 0.1) is 0 Å². The van der Waals surface area contributed by atoms with Crippen molar-refractivity contribution in [1.82, 2.24) is 10.2 Å². The van der Waals surface area contributed by atoms with Crippen LogP contribution in [0.4, 0.5) is 0 Å². The fourth-order valence-electron chi connectivity index (χ4n) is 3.02. The van der Waals surface area contributed by atoms with Crippen molar-refractivity contribution in [3.8, 4) is 0 Å². The Morgan fingerprint density at radius 1 is 1.38 bits per heavy atom. The van der Waals surface area contributed by atoms with E-state index >= 15 is 0 Å². The highest BCUT2D eigenvalue weighted by molar-refractivity contribution is 5.83. The molecule has 3 rings (SSSR count). The van der Waals surface area contributed by atoms with Crippen LogP contribution in [0.5, 0.6) is 0 Å². The zero-order valence-electron chi connectivity index (χ0n) is 12.8. The third kappa shape index (κ3) is 3.44. The Balaban J connectivity index is 1.69. The molecule has 1 atom stereocenters. The molecule has 1 heterocycles. The van der Waals surface area contributed by atoms with E-state index in [1.54, 1.807) is 0 Å². The van der Waals surface area contributed by atoms with Crippen molar-refractivity contribution in [2.45, 2.75) is 37.6 Å². The number of carbonyl (C=O) groups is 1. The third-order valence-corrected chi connectivity index (χ3v) is 4.70. The van der Waals surface area contributed by atoms with Crippen LogP contribution in [0.3, 0.4) is 0 Å². The average molecular weight is 287 g/mol. The highest BCUT2D eigenvalue weighted by atomic mass is 16.2. The highest BCUT2D eigenvalue weighted by Gasteiger charge is 2.38. The fraction of sp³-hybridized carbons (Fsp3) is 0.588. The zero-order valence-corrected chi connectivity index (χ0v) is 12.8. The number of piperazine rings is 1. The fourth-order valence-corrected chi connectivity index (χ4v) is 3.02. The monoisotopic (exact) mass is 287 g/mol. The van der Waals surface area contributed by atoms with Gasteiger partial charge in [0.15, 0.2) is 0 Å². The second kappa shape index (κ2) is 5.78. The van der Waals surface area contributed by atoms with Gasteiger partial charge in [0.1, 0.15) is 0 Å². The number of nitrogens with two attached hydrogens (primary N) is 1. The van der Waals surface area contributed by atoms with Crippen molar-refractivity contribution >= 4 is 5.91 Å². The van der Waals surface area contributed by atoms with E-state index < -0.39 is 0 Å². The lowest BCUT2D eigenvalue weighted by Crippen LogP contribution is -2.47. The number of rotatable bonds is 4. The van der Waals surface area contributed by atoms with Gasteiger partial charge in [-0.25, -0.2) is 0 Å². The summed E-state index contributed by atoms with van der Waals surface area (Å²) in [4.78, 5) is 14.6. The van der Waals surface area contributed by atoms with Crippen LogP contribution in [0.15, 0.2) is 24.3 Å². The molecule has 1 aromatic rings. The molecule has 0 spiro atoms. The van der Waals surface area contributed by atoms with Crippen LogP contribution >= 0.6 is 0 Å². The first-order chi connectivity index (χ1) is 10.1. The van der Waals surface area contributed by atoms with Crippen molar-refractivity contribution in [3.63, 3.8) is 0 Å². The van der Waals surface area contributed by atoms with Crippen molar-refractivity contribution in [3.05, 3.63) is 35.4 Å². The predicted molar refractivity (Wildman–Crippen MR) is 84.2 cm³/mol. The number of hydrogen-bond acceptors (Lipinski definition) is 3. The van der Waals surface area contributed by atoms with Gasteiger partial charge < -0.3 is 16.0 Å². The first-order valence-corrected chi connectivity index (χ1v) is 7.95. The molecule has 1 saturated heterocycles. The molecule has 114 valence electrons. The van der Waals surface area contributed by atoms with Crippen molar-refractivity contribution < 1.29 is 4.79 Å². The molecule has 0 bridgehead atoms. The summed E-state index contributed by atoms with van der Waals surface area (Å²) in [5, 5.41) is 3.28. The molecule has 3 N–H and O–H groups in total. The molecular weight excluding hydrogens is 262 g/mol. The van der Waals surface area contributed by atoms with Gasteiger partial charge in [-0.15, -0.1) is 0 Å². The minimum absolute atomic E-state index is 0.0183. The lowest BCUT2D eigenvalue weighted by molar-refractivity contribution is -0.133. The maximum atomic E-state index is 12.6. The van der Waals surface area contributed by atoms with Crippen molar-refractivity contribution in [2.24, 2.45) is 5.73 Å². The Labute approximate surface area is 126 Å². The zero-order chi connectivity index (χ0) is 14.9. The standard InChI is InChI=1S/C17H25N3O/c1-13(16(21)20-9-7-19-8-10-20)15-4-2-3-14(11-15)12-17(18)5-6-17/h2-4,11,13,19H,5-10,12,18H2,1H3. The lowest BCUT2D eigenvalue weighted by atomic mass is 9.95. The van der Waals surface area contributed by atoms with Gasteiger partial charge in [-0.3, -0.25) is 4.79 Å². The molecule has 1 aliphatic heterocycles. The summed E-state index contributed by atoms with van der Waals surface area (Å²) in [5.74, 6) is 0.165. The Morgan fingerprint density at radius 2 is 2.10 bits per heavy atom. The van der Waals surface area contributed by atoms with E-state index in [0.717, 1.165) is 51.0 Å². The molecule has 1 amide bonds. The van der Waals surface area contributed by atoms with E-state index in [9.17, 15) is 4.79 Å². The molecular formula is C17H25N3O. The van der Waals surface area contributed by atoms with E-state index in [2.05, 4.69) is 29.6 Å². The van der Waals surface area contributed by atoms with Crippen LogP contribution in [-0.4, -0.2) is 42.5 Å². The second-order valence-electron chi connectivity index (χ2n) is 6.58. The van der Waals surface area contributed by atoms with E-state index in [4.69, 9.17) is 5.73 Å². The lowest BCUT2D eigenvalue weighted by Gasteiger charge is -2.30. The largest absolute Gasteiger partial charge is 0.340 e. The van der Waals surface area contributed by atoms with Crippen LogP contribution < -0.4 is 11.1 Å². The number of benzene rings is 1. The number of nitrogens with one attached hydrogen (secondary N) is 1. The molecule has 1 aliphatic carbocycles. The van der Waals surface area contributed by atoms with E-state index in [0.29, 0.717) is 0 Å². The minimum Gasteiger partial charge on any atom is -0.340 e. The molecule has 1 aromatic carbocycles. The van der Waals surface area contributed by atoms with Crippen molar-refractivity contribution in [2.75, 3.05) is 26.2 Å². The van der Waals surface area contributed by atoms with E-state index in [-0.39, 0.29) is 17.4 Å². The Bertz CT molecular complexity index is 519. The normalized spacial score (nSPS) is 21.9. The topological polar surface area (TPSA) is 58.4 Å². The smallest absolute Gasteiger partial charge is 0.229 e. The summed E-state index contributed by atoms with van der Waals surface area (Å²) >= 11 is 0. The van der Waals surface area contributed by atoms with Gasteiger partial charge >= 0.3 is 0 Å². The average Bonchev–Trinajstić information content (AvgIpc) is 3.24. The first-order valence-electron chi connectivity index (χ1n) is 7.95. The highest BCUT2D eigenvalue weighted by Crippen LogP contribution is 2.36. The van der Waals surface area contributed by atoms with Gasteiger partial charge in [0.2, 0.25) is 5.91 Å². The Hall–Kier alpha value is -1.39. The quantitative estimate of drug-likeness (QED) is 0.876. The summed E-state index contributed by atoms with van der Waals surface area (Å²) in [5.41, 5.74) is 8.59. The molecule has 4 heteroatoms. The third-order valence-electron chi connectivity index (χ3n) is 4.70. The number of carbonyl (C=O) groups excluding carboxylic acids is 1. The predicted octanol–water partition coefficient (Wildman–Crippen LogP) is 1.26. The van der Waals surface area contributed by atoms with Crippen LogP contribution in [0.2, 0.25) is 0 Å². The van der Waals surface area contributed by atoms with E-state index in [1.165, 1.54) is 5.56 Å². The van der Waals surface area contributed by atoms with E-state index in [1.807, 2.05) is 11.8 Å². The number of amides is 1. The van der Waals surface area contributed by atoms with Gasteiger partial charge in [0.05, 0.1) is 5.92 Å². The summed E-state index contributed by atoms with van der Waals surface area (Å²) in [7, 11) is 0. The SMILES string of the molecule is CC(C(=O)N1CCNCC1)c1cccc(CC2(N)CC2)c1. The summed E-state index contributed by atoms with van der Waals surface area (Å²) in [6, 6.07) is 8.40. The van der Waals surface area contributed by atoms with Gasteiger partial charge in [-0.1, -0.05) is 24.3 Å². The molecule has 1 saturated carbocycles. The second-order valence-corrected chi connectivity index (χ2v) is 6.58. The van der Waals surface area contributed by atoms with Crippen molar-refractivity contribution in [1.29, 1.82) is 0 Å². The minimum atomic E-state index is -0.0732. The van der Waals surface area contributed by atoms with Crippen LogP contribution in [-0.2, 0) is 11.2 Å². The summed E-state index contributed by atoms with van der Waals surface area (Å²) < 4.78 is 0. The molecule has 2 aliphatic rings. The molecule has 0 radical (unpaired) electrons. The van der Waals surface area contributed by atoms with Gasteiger partial charge in [-0.05, 0) is 37.3 Å². The molecule has 4 nitrogen and oxygen atoms in total.